The number of aryl methyl sites for hydroxylation is 2. The van der Waals surface area contributed by atoms with Gasteiger partial charge in [0.2, 0.25) is 0 Å². The number of nitrogens with one attached hydrogen (secondary N) is 1. The van der Waals surface area contributed by atoms with Gasteiger partial charge >= 0.3 is 0 Å². The molecule has 4 aromatic heterocycles. The largest absolute Gasteiger partial charge is 0.384 e. The van der Waals surface area contributed by atoms with Crippen LogP contribution in [0.15, 0.2) is 55.1 Å². The summed E-state index contributed by atoms with van der Waals surface area (Å²) in [6.07, 6.45) is 5.39. The van der Waals surface area contributed by atoms with E-state index in [4.69, 9.17) is 5.73 Å². The number of fused-ring (bicyclic) bond motifs is 1. The summed E-state index contributed by atoms with van der Waals surface area (Å²) in [4.78, 5) is 15.4. The minimum absolute atomic E-state index is 0.535. The topological polar surface area (TPSA) is 116 Å². The third-order valence-electron chi connectivity index (χ3n) is 6.35. The van der Waals surface area contributed by atoms with Crippen LogP contribution in [0.25, 0.3) is 11.0 Å². The molecule has 0 unspecified atom stereocenters. The van der Waals surface area contributed by atoms with Gasteiger partial charge in [-0.2, -0.15) is 10.2 Å². The van der Waals surface area contributed by atoms with Crippen molar-refractivity contribution in [3.63, 3.8) is 0 Å². The smallest absolute Gasteiger partial charge is 0.186 e. The molecule has 0 fully saturated rings. The molecular formula is C27H32N10. The van der Waals surface area contributed by atoms with Crippen LogP contribution < -0.4 is 11.1 Å². The number of benzene rings is 1. The molecule has 3 N–H and O–H groups in total. The predicted octanol–water partition coefficient (Wildman–Crippen LogP) is 3.39. The van der Waals surface area contributed by atoms with Crippen molar-refractivity contribution >= 4 is 22.7 Å². The Bertz CT molecular complexity index is 1490. The number of nitrogens with two attached hydrogens (primary N) is 1. The summed E-state index contributed by atoms with van der Waals surface area (Å²) in [5.41, 5.74) is 13.2. The highest BCUT2D eigenvalue weighted by atomic mass is 15.3. The van der Waals surface area contributed by atoms with Crippen LogP contribution in [-0.4, -0.2) is 53.5 Å². The van der Waals surface area contributed by atoms with Gasteiger partial charge in [-0.25, -0.2) is 15.0 Å². The first-order chi connectivity index (χ1) is 17.9. The van der Waals surface area contributed by atoms with Gasteiger partial charge < -0.3 is 16.0 Å². The Morgan fingerprint density at radius 3 is 2.49 bits per heavy atom. The highest BCUT2D eigenvalue weighted by Crippen LogP contribution is 2.21. The zero-order valence-electron chi connectivity index (χ0n) is 21.7. The standard InChI is InChI=1S/C27H32N10/c1-18-11-25(28)33-19(2)23(18)12-29-26-24-16-36(34-27(24)31-17-30-26)13-20-5-7-21(8-6-20)14-37-22(9-10-32-37)15-35(3)4/h5-11,16-17H,12-15H2,1-4H3,(H2,28,33)(H,29,30,31,34). The number of hydrogen-bond acceptors (Lipinski definition) is 8. The van der Waals surface area contributed by atoms with Crippen molar-refractivity contribution < 1.29 is 0 Å². The number of nitrogens with zero attached hydrogens (tertiary/aromatic N) is 8. The Labute approximate surface area is 216 Å². The molecule has 0 spiro atoms. The summed E-state index contributed by atoms with van der Waals surface area (Å²) < 4.78 is 3.95. The Morgan fingerprint density at radius 1 is 1.00 bits per heavy atom. The summed E-state index contributed by atoms with van der Waals surface area (Å²) in [5.74, 6) is 1.28. The van der Waals surface area contributed by atoms with E-state index in [1.54, 1.807) is 0 Å². The van der Waals surface area contributed by atoms with Gasteiger partial charge in [-0.3, -0.25) is 9.36 Å². The maximum Gasteiger partial charge on any atom is 0.186 e. The maximum absolute atomic E-state index is 5.87. The molecule has 0 aliphatic rings. The Hall–Kier alpha value is -4.31. The van der Waals surface area contributed by atoms with Gasteiger partial charge in [-0.05, 0) is 62.3 Å². The highest BCUT2D eigenvalue weighted by Gasteiger charge is 2.11. The lowest BCUT2D eigenvalue weighted by Gasteiger charge is -2.12. The van der Waals surface area contributed by atoms with Gasteiger partial charge in [-0.1, -0.05) is 24.3 Å². The Balaban J connectivity index is 1.28. The van der Waals surface area contributed by atoms with Crippen LogP contribution in [0, 0.1) is 13.8 Å². The lowest BCUT2D eigenvalue weighted by atomic mass is 10.1. The number of pyridine rings is 1. The number of anilines is 2. The second kappa shape index (κ2) is 10.4. The zero-order chi connectivity index (χ0) is 25.9. The first kappa shape index (κ1) is 24.4. The van der Waals surface area contributed by atoms with Gasteiger partial charge in [0, 0.05) is 31.2 Å². The van der Waals surface area contributed by atoms with Crippen LogP contribution in [0.2, 0.25) is 0 Å². The summed E-state index contributed by atoms with van der Waals surface area (Å²) in [5, 5.41) is 13.5. The molecule has 0 aliphatic heterocycles. The molecule has 0 atom stereocenters. The third-order valence-corrected chi connectivity index (χ3v) is 6.35. The molecule has 10 heteroatoms. The lowest BCUT2D eigenvalue weighted by Crippen LogP contribution is -2.15. The van der Waals surface area contributed by atoms with E-state index < -0.39 is 0 Å². The summed E-state index contributed by atoms with van der Waals surface area (Å²) in [6.45, 7) is 6.85. The van der Waals surface area contributed by atoms with Crippen LogP contribution in [0.1, 0.15) is 33.6 Å². The van der Waals surface area contributed by atoms with Crippen molar-refractivity contribution in [1.82, 2.24) is 39.4 Å². The Kier molecular flexibility index (Phi) is 6.82. The molecule has 0 amide bonds. The number of nitrogen functional groups attached to an aromatic ring is 1. The van der Waals surface area contributed by atoms with Crippen LogP contribution in [0.3, 0.4) is 0 Å². The minimum Gasteiger partial charge on any atom is -0.384 e. The molecule has 0 bridgehead atoms. The van der Waals surface area contributed by atoms with Gasteiger partial charge in [0.25, 0.3) is 0 Å². The molecule has 0 saturated carbocycles. The van der Waals surface area contributed by atoms with E-state index in [2.05, 4.69) is 79.8 Å². The predicted molar refractivity (Wildman–Crippen MR) is 145 cm³/mol. The molecule has 5 aromatic rings. The molecule has 0 radical (unpaired) electrons. The fraction of sp³-hybridized carbons (Fsp3) is 0.296. The maximum atomic E-state index is 5.87. The first-order valence-corrected chi connectivity index (χ1v) is 12.2. The summed E-state index contributed by atoms with van der Waals surface area (Å²) >= 11 is 0. The van der Waals surface area contributed by atoms with E-state index >= 15 is 0 Å². The average molecular weight is 497 g/mol. The second-order valence-corrected chi connectivity index (χ2v) is 9.60. The number of aromatic nitrogens is 7. The van der Waals surface area contributed by atoms with Gasteiger partial charge in [0.15, 0.2) is 5.65 Å². The quantitative estimate of drug-likeness (QED) is 0.319. The van der Waals surface area contributed by atoms with Gasteiger partial charge in [0.1, 0.15) is 18.0 Å². The number of rotatable bonds is 9. The van der Waals surface area contributed by atoms with Crippen molar-refractivity contribution in [3.8, 4) is 0 Å². The van der Waals surface area contributed by atoms with Gasteiger partial charge in [0.05, 0.1) is 24.2 Å². The van der Waals surface area contributed by atoms with Crippen LogP contribution >= 0.6 is 0 Å². The molecule has 5 rings (SSSR count). The zero-order valence-corrected chi connectivity index (χ0v) is 21.7. The molecule has 1 aromatic carbocycles. The van der Waals surface area contributed by atoms with Crippen molar-refractivity contribution in [2.24, 2.45) is 0 Å². The monoisotopic (exact) mass is 496 g/mol. The Morgan fingerprint density at radius 2 is 1.76 bits per heavy atom. The van der Waals surface area contributed by atoms with Crippen LogP contribution in [0.4, 0.5) is 11.6 Å². The molecule has 37 heavy (non-hydrogen) atoms. The highest BCUT2D eigenvalue weighted by molar-refractivity contribution is 5.85. The molecule has 10 nitrogen and oxygen atoms in total. The van der Waals surface area contributed by atoms with E-state index in [0.717, 1.165) is 46.7 Å². The molecule has 0 saturated heterocycles. The molecule has 190 valence electrons. The SMILES string of the molecule is Cc1cc(N)nc(C)c1CNc1ncnc2nn(Cc3ccc(Cn4nccc4CN(C)C)cc3)cc12. The van der Waals surface area contributed by atoms with Crippen molar-refractivity contribution in [1.29, 1.82) is 0 Å². The summed E-state index contributed by atoms with van der Waals surface area (Å²) in [7, 11) is 4.13. The van der Waals surface area contributed by atoms with Crippen molar-refractivity contribution in [3.05, 3.63) is 88.8 Å². The van der Waals surface area contributed by atoms with Crippen LogP contribution in [0.5, 0.6) is 0 Å². The third kappa shape index (κ3) is 5.59. The fourth-order valence-electron chi connectivity index (χ4n) is 4.50. The van der Waals surface area contributed by atoms with Crippen molar-refractivity contribution in [2.45, 2.75) is 40.0 Å². The van der Waals surface area contributed by atoms with Crippen LogP contribution in [-0.2, 0) is 26.2 Å². The van der Waals surface area contributed by atoms with E-state index in [-0.39, 0.29) is 0 Å². The van der Waals surface area contributed by atoms with Gasteiger partial charge in [-0.15, -0.1) is 0 Å². The average Bonchev–Trinajstić information content (AvgIpc) is 3.45. The fourth-order valence-corrected chi connectivity index (χ4v) is 4.50. The number of hydrogen-bond donors (Lipinski definition) is 2. The molecule has 0 aliphatic carbocycles. The minimum atomic E-state index is 0.535. The van der Waals surface area contributed by atoms with E-state index in [1.807, 2.05) is 41.7 Å². The first-order valence-electron chi connectivity index (χ1n) is 12.2. The molecule has 4 heterocycles. The lowest BCUT2D eigenvalue weighted by molar-refractivity contribution is 0.384. The van der Waals surface area contributed by atoms with E-state index in [9.17, 15) is 0 Å². The summed E-state index contributed by atoms with van der Waals surface area (Å²) in [6, 6.07) is 12.5. The normalized spacial score (nSPS) is 11.5. The van der Waals surface area contributed by atoms with Crippen molar-refractivity contribution in [2.75, 3.05) is 25.1 Å². The van der Waals surface area contributed by atoms with E-state index in [1.165, 1.54) is 17.6 Å². The second-order valence-electron chi connectivity index (χ2n) is 9.60. The molecular weight excluding hydrogens is 464 g/mol. The van der Waals surface area contributed by atoms with E-state index in [0.29, 0.717) is 24.6 Å².